The first-order valence-corrected chi connectivity index (χ1v) is 6.75. The van der Waals surface area contributed by atoms with E-state index in [-0.39, 0.29) is 6.61 Å². The number of carbonyl (C=O) groups excluding carboxylic acids is 2. The van der Waals surface area contributed by atoms with Crippen LogP contribution >= 0.6 is 0 Å². The van der Waals surface area contributed by atoms with E-state index in [1.807, 2.05) is 6.07 Å². The average Bonchev–Trinajstić information content (AvgIpc) is 2.98. The summed E-state index contributed by atoms with van der Waals surface area (Å²) in [7, 11) is 1.74. The van der Waals surface area contributed by atoms with Gasteiger partial charge in [-0.05, 0) is 24.3 Å². The number of benzene rings is 1. The van der Waals surface area contributed by atoms with Crippen LogP contribution < -0.4 is 20.3 Å². The van der Waals surface area contributed by atoms with Gasteiger partial charge in [-0.15, -0.1) is 0 Å². The van der Waals surface area contributed by atoms with Crippen LogP contribution in [0.4, 0.5) is 0 Å². The van der Waals surface area contributed by atoms with Crippen LogP contribution in [-0.2, 0) is 11.8 Å². The number of rotatable bonds is 2. The summed E-state index contributed by atoms with van der Waals surface area (Å²) in [5, 5.41) is 0. The zero-order chi connectivity index (χ0) is 15.5. The van der Waals surface area contributed by atoms with Crippen LogP contribution in [0, 0.1) is 0 Å². The van der Waals surface area contributed by atoms with Gasteiger partial charge in [0.1, 0.15) is 12.3 Å². The minimum Gasteiger partial charge on any atom is -0.485 e. The highest BCUT2D eigenvalue weighted by Crippen LogP contribution is 2.30. The Kier molecular flexibility index (Phi) is 3.69. The van der Waals surface area contributed by atoms with Gasteiger partial charge in [-0.3, -0.25) is 20.4 Å². The first kappa shape index (κ1) is 14.0. The first-order valence-electron chi connectivity index (χ1n) is 6.75. The molecule has 1 unspecified atom stereocenters. The van der Waals surface area contributed by atoms with E-state index in [0.29, 0.717) is 17.2 Å². The molecule has 2 N–H and O–H groups in total. The van der Waals surface area contributed by atoms with Crippen molar-refractivity contribution in [3.63, 3.8) is 0 Å². The molecule has 0 spiro atoms. The number of hydrogen-bond acceptors (Lipinski definition) is 4. The van der Waals surface area contributed by atoms with E-state index in [9.17, 15) is 9.59 Å². The van der Waals surface area contributed by atoms with Gasteiger partial charge in [-0.2, -0.15) is 0 Å². The molecule has 2 heterocycles. The Morgan fingerprint density at radius 1 is 1.14 bits per heavy atom. The highest BCUT2D eigenvalue weighted by Gasteiger charge is 2.27. The van der Waals surface area contributed by atoms with E-state index in [1.165, 1.54) is 0 Å². The lowest BCUT2D eigenvalue weighted by atomic mass is 10.2. The lowest BCUT2D eigenvalue weighted by Crippen LogP contribution is -2.51. The first-order chi connectivity index (χ1) is 10.6. The van der Waals surface area contributed by atoms with Crippen LogP contribution in [0.15, 0.2) is 42.6 Å². The number of carbonyl (C=O) groups is 2. The molecular weight excluding hydrogens is 286 g/mol. The smallest absolute Gasteiger partial charge is 0.286 e. The van der Waals surface area contributed by atoms with Gasteiger partial charge in [0.05, 0.1) is 0 Å². The van der Waals surface area contributed by atoms with Crippen LogP contribution in [0.3, 0.4) is 0 Å². The minimum atomic E-state index is -0.816. The topological polar surface area (TPSA) is 81.6 Å². The molecule has 1 aromatic heterocycles. The van der Waals surface area contributed by atoms with Crippen molar-refractivity contribution in [2.24, 2.45) is 7.05 Å². The van der Waals surface area contributed by atoms with Crippen LogP contribution in [0.25, 0.3) is 0 Å². The van der Waals surface area contributed by atoms with Gasteiger partial charge in [0.2, 0.25) is 6.10 Å². The van der Waals surface area contributed by atoms with E-state index in [4.69, 9.17) is 9.47 Å². The van der Waals surface area contributed by atoms with E-state index < -0.39 is 17.9 Å². The lowest BCUT2D eigenvalue weighted by molar-refractivity contribution is -0.131. The Bertz CT molecular complexity index is 710. The molecule has 3 rings (SSSR count). The lowest BCUT2D eigenvalue weighted by Gasteiger charge is -2.25. The maximum atomic E-state index is 12.0. The van der Waals surface area contributed by atoms with Crippen LogP contribution in [0.2, 0.25) is 0 Å². The summed E-state index contributed by atoms with van der Waals surface area (Å²) in [5.74, 6) is 0.220. The monoisotopic (exact) mass is 301 g/mol. The molecule has 2 aromatic rings. The number of hydrogen-bond donors (Lipinski definition) is 2. The molecule has 1 aliphatic heterocycles. The maximum absolute atomic E-state index is 12.0. The second-order valence-corrected chi connectivity index (χ2v) is 4.81. The summed E-state index contributed by atoms with van der Waals surface area (Å²) < 4.78 is 12.7. The SMILES string of the molecule is Cn1cccc1C(=O)NNC(=O)C1COc2ccccc2O1. The number of hydrazine groups is 1. The maximum Gasteiger partial charge on any atom is 0.286 e. The summed E-state index contributed by atoms with van der Waals surface area (Å²) in [6.45, 7) is 0.0862. The molecular formula is C15H15N3O4. The zero-order valence-electron chi connectivity index (χ0n) is 11.9. The van der Waals surface area contributed by atoms with Crippen molar-refractivity contribution in [2.75, 3.05) is 6.61 Å². The molecule has 0 fully saturated rings. The molecule has 1 aromatic carbocycles. The molecule has 0 saturated carbocycles. The van der Waals surface area contributed by atoms with Crippen molar-refractivity contribution >= 4 is 11.8 Å². The standard InChI is InChI=1S/C15H15N3O4/c1-18-8-4-5-10(18)14(19)16-17-15(20)13-9-21-11-6-2-3-7-12(11)22-13/h2-8,13H,9H2,1H3,(H,16,19)(H,17,20). The fourth-order valence-corrected chi connectivity index (χ4v) is 2.11. The van der Waals surface area contributed by atoms with Gasteiger partial charge in [0.15, 0.2) is 11.5 Å². The third-order valence-corrected chi connectivity index (χ3v) is 3.28. The van der Waals surface area contributed by atoms with Crippen molar-refractivity contribution in [1.82, 2.24) is 15.4 Å². The molecule has 1 atom stereocenters. The normalized spacial score (nSPS) is 16.0. The summed E-state index contributed by atoms with van der Waals surface area (Å²) >= 11 is 0. The molecule has 7 nitrogen and oxygen atoms in total. The second-order valence-electron chi connectivity index (χ2n) is 4.81. The Balaban J connectivity index is 1.57. The van der Waals surface area contributed by atoms with Crippen molar-refractivity contribution in [1.29, 1.82) is 0 Å². The largest absolute Gasteiger partial charge is 0.485 e. The second kappa shape index (κ2) is 5.80. The third kappa shape index (κ3) is 2.73. The summed E-state index contributed by atoms with van der Waals surface area (Å²) in [5.41, 5.74) is 5.13. The highest BCUT2D eigenvalue weighted by molar-refractivity contribution is 5.94. The number of nitrogens with zero attached hydrogens (tertiary/aromatic N) is 1. The van der Waals surface area contributed by atoms with Gasteiger partial charge in [0, 0.05) is 13.2 Å². The number of aromatic nitrogens is 1. The van der Waals surface area contributed by atoms with E-state index in [1.54, 1.807) is 48.1 Å². The molecule has 1 aliphatic rings. The van der Waals surface area contributed by atoms with Crippen LogP contribution in [-0.4, -0.2) is 29.1 Å². The molecule has 114 valence electrons. The molecule has 2 amide bonds. The van der Waals surface area contributed by atoms with E-state index in [0.717, 1.165) is 0 Å². The van der Waals surface area contributed by atoms with Gasteiger partial charge in [-0.25, -0.2) is 0 Å². The predicted octanol–water partition coefficient (Wildman–Crippen LogP) is 0.626. The average molecular weight is 301 g/mol. The van der Waals surface area contributed by atoms with Crippen LogP contribution in [0.5, 0.6) is 11.5 Å². The number of amides is 2. The number of nitrogens with one attached hydrogen (secondary N) is 2. The molecule has 0 radical (unpaired) electrons. The van der Waals surface area contributed by atoms with Gasteiger partial charge in [0.25, 0.3) is 11.8 Å². The highest BCUT2D eigenvalue weighted by atomic mass is 16.6. The third-order valence-electron chi connectivity index (χ3n) is 3.28. The van der Waals surface area contributed by atoms with Crippen molar-refractivity contribution in [3.05, 3.63) is 48.3 Å². The van der Waals surface area contributed by atoms with Crippen LogP contribution in [0.1, 0.15) is 10.5 Å². The summed E-state index contributed by atoms with van der Waals surface area (Å²) in [6, 6.07) is 10.5. The van der Waals surface area contributed by atoms with Gasteiger partial charge >= 0.3 is 0 Å². The fraction of sp³-hybridized carbons (Fsp3) is 0.200. The molecule has 0 aliphatic carbocycles. The fourth-order valence-electron chi connectivity index (χ4n) is 2.11. The number of para-hydroxylation sites is 2. The van der Waals surface area contributed by atoms with E-state index >= 15 is 0 Å². The van der Waals surface area contributed by atoms with E-state index in [2.05, 4.69) is 10.9 Å². The Morgan fingerprint density at radius 2 is 1.91 bits per heavy atom. The van der Waals surface area contributed by atoms with Gasteiger partial charge < -0.3 is 14.0 Å². The molecule has 22 heavy (non-hydrogen) atoms. The number of aryl methyl sites for hydroxylation is 1. The summed E-state index contributed by atoms with van der Waals surface area (Å²) in [4.78, 5) is 23.9. The zero-order valence-corrected chi connectivity index (χ0v) is 11.9. The molecule has 0 bridgehead atoms. The number of fused-ring (bicyclic) bond motifs is 1. The molecule has 7 heteroatoms. The quantitative estimate of drug-likeness (QED) is 0.797. The molecule has 0 saturated heterocycles. The Hall–Kier alpha value is -2.96. The Morgan fingerprint density at radius 3 is 2.64 bits per heavy atom. The van der Waals surface area contributed by atoms with Crippen molar-refractivity contribution < 1.29 is 19.1 Å². The Labute approximate surface area is 126 Å². The van der Waals surface area contributed by atoms with Crippen molar-refractivity contribution in [2.45, 2.75) is 6.10 Å². The van der Waals surface area contributed by atoms with Crippen molar-refractivity contribution in [3.8, 4) is 11.5 Å². The number of ether oxygens (including phenoxy) is 2. The van der Waals surface area contributed by atoms with Gasteiger partial charge in [-0.1, -0.05) is 12.1 Å². The summed E-state index contributed by atoms with van der Waals surface area (Å²) in [6.07, 6.45) is 0.926. The predicted molar refractivity (Wildman–Crippen MR) is 77.4 cm³/mol. The minimum absolute atomic E-state index is 0.0862.